The molecule has 2 amide bonds. The maximum Gasteiger partial charge on any atom is 0.269 e. The molecule has 1 aliphatic rings. The van der Waals surface area contributed by atoms with Crippen LogP contribution in [0.25, 0.3) is 10.9 Å². The molecule has 0 atom stereocenters. The van der Waals surface area contributed by atoms with E-state index in [1.165, 1.54) is 0 Å². The van der Waals surface area contributed by atoms with Crippen LogP contribution in [-0.4, -0.2) is 33.5 Å². The number of rotatable bonds is 3. The normalized spacial score (nSPS) is 15.2. The van der Waals surface area contributed by atoms with Gasteiger partial charge in [-0.15, -0.1) is 0 Å². The molecule has 22 heavy (non-hydrogen) atoms. The van der Waals surface area contributed by atoms with E-state index in [1.807, 2.05) is 17.0 Å². The lowest BCUT2D eigenvalue weighted by Gasteiger charge is -2.23. The lowest BCUT2D eigenvalue weighted by molar-refractivity contribution is -0.128. The zero-order valence-electron chi connectivity index (χ0n) is 12.7. The Hall–Kier alpha value is -2.37. The molecular weight excluding hydrogens is 280 g/mol. The fourth-order valence-electron chi connectivity index (χ4n) is 2.97. The van der Waals surface area contributed by atoms with Crippen LogP contribution < -0.4 is 5.73 Å². The van der Waals surface area contributed by atoms with Gasteiger partial charge in [0.15, 0.2) is 5.69 Å². The van der Waals surface area contributed by atoms with Crippen LogP contribution in [0.1, 0.15) is 35.5 Å². The summed E-state index contributed by atoms with van der Waals surface area (Å²) in [4.78, 5) is 25.7. The second-order valence-electron chi connectivity index (χ2n) is 6.08. The first-order valence-electron chi connectivity index (χ1n) is 7.38. The van der Waals surface area contributed by atoms with Gasteiger partial charge in [0.1, 0.15) is 0 Å². The third-order valence-electron chi connectivity index (χ3n) is 3.91. The Balaban J connectivity index is 2.14. The second kappa shape index (κ2) is 5.44. The van der Waals surface area contributed by atoms with Crippen LogP contribution >= 0.6 is 0 Å². The molecule has 0 aliphatic carbocycles. The number of H-pyrrole nitrogens is 1. The van der Waals surface area contributed by atoms with Crippen LogP contribution in [0.4, 0.5) is 0 Å². The van der Waals surface area contributed by atoms with Gasteiger partial charge in [0.2, 0.25) is 5.91 Å². The molecule has 1 aliphatic heterocycles. The Morgan fingerprint density at radius 2 is 2.23 bits per heavy atom. The first kappa shape index (κ1) is 14.6. The predicted molar refractivity (Wildman–Crippen MR) is 82.9 cm³/mol. The highest BCUT2D eigenvalue weighted by Gasteiger charge is 2.25. The van der Waals surface area contributed by atoms with Crippen molar-refractivity contribution >= 4 is 22.7 Å². The minimum absolute atomic E-state index is 0.0298. The second-order valence-corrected chi connectivity index (χ2v) is 6.08. The molecule has 3 N–H and O–H groups in total. The average Bonchev–Trinajstić information content (AvgIpc) is 2.82. The summed E-state index contributed by atoms with van der Waals surface area (Å²) in [5.74, 6) is -0.158. The Morgan fingerprint density at radius 1 is 1.45 bits per heavy atom. The molecular formula is C16H19N4O2. The Kier molecular flexibility index (Phi) is 3.60. The van der Waals surface area contributed by atoms with E-state index in [1.54, 1.807) is 6.42 Å². The average molecular weight is 299 g/mol. The number of primary amides is 1. The standard InChI is InChI=1S/C16H19N4O2/c1-9(2)7-20-8-11-10(4-6-13(20)21)3-5-12-14(11)15(16(17)22)19-18-12/h3,5-6,9H,4,7-8H2,1-2H3,(H2,17,22)(H,18,19). The number of benzene rings is 1. The molecule has 6 nitrogen and oxygen atoms in total. The Labute approximate surface area is 128 Å². The summed E-state index contributed by atoms with van der Waals surface area (Å²) in [7, 11) is 0. The maximum absolute atomic E-state index is 12.3. The molecule has 0 bridgehead atoms. The number of carbonyl (C=O) groups excluding carboxylic acids is 2. The van der Waals surface area contributed by atoms with Crippen molar-refractivity contribution in [1.82, 2.24) is 15.1 Å². The van der Waals surface area contributed by atoms with E-state index < -0.39 is 5.91 Å². The summed E-state index contributed by atoms with van der Waals surface area (Å²) in [5.41, 5.74) is 8.44. The molecule has 0 spiro atoms. The topological polar surface area (TPSA) is 92.1 Å². The fraction of sp³-hybridized carbons (Fsp3) is 0.375. The van der Waals surface area contributed by atoms with Crippen molar-refractivity contribution in [1.29, 1.82) is 0 Å². The van der Waals surface area contributed by atoms with Gasteiger partial charge < -0.3 is 10.6 Å². The van der Waals surface area contributed by atoms with Gasteiger partial charge in [-0.25, -0.2) is 0 Å². The molecule has 2 aromatic rings. The van der Waals surface area contributed by atoms with E-state index in [0.29, 0.717) is 25.4 Å². The molecule has 2 heterocycles. The number of amides is 2. The molecule has 3 rings (SSSR count). The molecule has 0 saturated carbocycles. The number of nitrogens with zero attached hydrogens (tertiary/aromatic N) is 2. The molecule has 0 saturated heterocycles. The highest BCUT2D eigenvalue weighted by atomic mass is 16.2. The van der Waals surface area contributed by atoms with E-state index in [2.05, 4.69) is 24.0 Å². The summed E-state index contributed by atoms with van der Waals surface area (Å²) in [6.07, 6.45) is 2.26. The predicted octanol–water partition coefficient (Wildman–Crippen LogP) is 1.41. The summed E-state index contributed by atoms with van der Waals surface area (Å²) in [6, 6.07) is 3.85. The number of aromatic nitrogens is 2. The summed E-state index contributed by atoms with van der Waals surface area (Å²) in [5, 5.41) is 7.61. The number of nitrogens with one attached hydrogen (secondary N) is 1. The lowest BCUT2D eigenvalue weighted by Crippen LogP contribution is -2.32. The molecule has 1 aromatic carbocycles. The first-order valence-corrected chi connectivity index (χ1v) is 7.38. The quantitative estimate of drug-likeness (QED) is 0.897. The van der Waals surface area contributed by atoms with Gasteiger partial charge in [0.05, 0.1) is 11.9 Å². The Morgan fingerprint density at radius 3 is 2.91 bits per heavy atom. The van der Waals surface area contributed by atoms with Gasteiger partial charge in [-0.05, 0) is 29.5 Å². The number of nitrogens with two attached hydrogens (primary N) is 1. The van der Waals surface area contributed by atoms with Crippen LogP contribution in [0, 0.1) is 12.3 Å². The number of hydrogen-bond donors (Lipinski definition) is 2. The number of fused-ring (bicyclic) bond motifs is 3. The molecule has 0 unspecified atom stereocenters. The monoisotopic (exact) mass is 299 g/mol. The SMILES string of the molecule is CC(C)CN1Cc2c(ccc3[nH]nc(C(N)=O)c23)C[CH]C1=O. The zero-order valence-corrected chi connectivity index (χ0v) is 12.7. The highest BCUT2D eigenvalue weighted by molar-refractivity contribution is 6.05. The van der Waals surface area contributed by atoms with Crippen molar-refractivity contribution in [2.75, 3.05) is 6.54 Å². The van der Waals surface area contributed by atoms with Crippen molar-refractivity contribution in [3.8, 4) is 0 Å². The minimum Gasteiger partial charge on any atom is -0.364 e. The maximum atomic E-state index is 12.3. The van der Waals surface area contributed by atoms with Gasteiger partial charge in [-0.2, -0.15) is 5.10 Å². The van der Waals surface area contributed by atoms with Crippen molar-refractivity contribution in [3.05, 3.63) is 35.4 Å². The van der Waals surface area contributed by atoms with E-state index in [0.717, 1.165) is 22.0 Å². The van der Waals surface area contributed by atoms with Crippen molar-refractivity contribution < 1.29 is 9.59 Å². The van der Waals surface area contributed by atoms with Gasteiger partial charge in [-0.1, -0.05) is 19.9 Å². The summed E-state index contributed by atoms with van der Waals surface area (Å²) < 4.78 is 0. The number of aromatic amines is 1. The number of carbonyl (C=O) groups is 2. The molecule has 0 fully saturated rings. The minimum atomic E-state index is -0.561. The van der Waals surface area contributed by atoms with Crippen molar-refractivity contribution in [2.45, 2.75) is 26.8 Å². The largest absolute Gasteiger partial charge is 0.364 e. The van der Waals surface area contributed by atoms with E-state index >= 15 is 0 Å². The van der Waals surface area contributed by atoms with E-state index in [-0.39, 0.29) is 11.6 Å². The first-order chi connectivity index (χ1) is 10.5. The van der Waals surface area contributed by atoms with Gasteiger partial charge in [0.25, 0.3) is 5.91 Å². The fourth-order valence-corrected chi connectivity index (χ4v) is 2.97. The van der Waals surface area contributed by atoms with Crippen molar-refractivity contribution in [2.24, 2.45) is 11.7 Å². The molecule has 1 aromatic heterocycles. The van der Waals surface area contributed by atoms with Crippen LogP contribution in [0.5, 0.6) is 0 Å². The van der Waals surface area contributed by atoms with Gasteiger partial charge >= 0.3 is 0 Å². The summed E-state index contributed by atoms with van der Waals surface area (Å²) >= 11 is 0. The number of hydrogen-bond acceptors (Lipinski definition) is 3. The molecule has 115 valence electrons. The third-order valence-corrected chi connectivity index (χ3v) is 3.91. The molecule has 6 heteroatoms. The van der Waals surface area contributed by atoms with Gasteiger partial charge in [-0.3, -0.25) is 14.7 Å². The third kappa shape index (κ3) is 2.45. The van der Waals surface area contributed by atoms with E-state index in [4.69, 9.17) is 5.73 Å². The Bertz CT molecular complexity index is 748. The molecule has 1 radical (unpaired) electrons. The van der Waals surface area contributed by atoms with Gasteiger partial charge in [0, 0.05) is 18.5 Å². The van der Waals surface area contributed by atoms with E-state index in [9.17, 15) is 9.59 Å². The smallest absolute Gasteiger partial charge is 0.269 e. The zero-order chi connectivity index (χ0) is 15.9. The highest BCUT2D eigenvalue weighted by Crippen LogP contribution is 2.29. The van der Waals surface area contributed by atoms with Crippen LogP contribution in [0.3, 0.4) is 0 Å². The lowest BCUT2D eigenvalue weighted by atomic mass is 9.98. The van der Waals surface area contributed by atoms with Crippen molar-refractivity contribution in [3.63, 3.8) is 0 Å². The van der Waals surface area contributed by atoms with Crippen LogP contribution in [0.15, 0.2) is 12.1 Å². The van der Waals surface area contributed by atoms with Crippen LogP contribution in [0.2, 0.25) is 0 Å². The van der Waals surface area contributed by atoms with Crippen LogP contribution in [-0.2, 0) is 17.8 Å². The summed E-state index contributed by atoms with van der Waals surface area (Å²) in [6.45, 7) is 5.30.